The molecule has 0 N–H and O–H groups in total. The van der Waals surface area contributed by atoms with Crippen LogP contribution in [0.25, 0.3) is 0 Å². The molecule has 5 heteroatoms. The van der Waals surface area contributed by atoms with E-state index in [0.29, 0.717) is 35.6 Å². The zero-order valence-corrected chi connectivity index (χ0v) is 14.0. The van der Waals surface area contributed by atoms with Gasteiger partial charge in [-0.1, -0.05) is 24.3 Å². The SMILES string of the molecule is N#Cc1ccc(Oc2ccccc2N2C(=O)[C@@H]3CC=CC[C@H]3C2=O)cc1. The molecule has 0 radical (unpaired) electrons. The Labute approximate surface area is 151 Å². The lowest BCUT2D eigenvalue weighted by atomic mass is 9.85. The Balaban J connectivity index is 1.66. The van der Waals surface area contributed by atoms with Crippen molar-refractivity contribution in [1.29, 1.82) is 5.26 Å². The predicted molar refractivity (Wildman–Crippen MR) is 95.5 cm³/mol. The third-order valence-corrected chi connectivity index (χ3v) is 4.82. The molecule has 0 spiro atoms. The second-order valence-electron chi connectivity index (χ2n) is 6.37. The third kappa shape index (κ3) is 2.66. The number of carbonyl (C=O) groups excluding carboxylic acids is 2. The summed E-state index contributed by atoms with van der Waals surface area (Å²) < 4.78 is 5.90. The van der Waals surface area contributed by atoms with E-state index in [2.05, 4.69) is 6.07 Å². The van der Waals surface area contributed by atoms with Crippen molar-refractivity contribution in [3.63, 3.8) is 0 Å². The molecule has 26 heavy (non-hydrogen) atoms. The summed E-state index contributed by atoms with van der Waals surface area (Å²) in [6, 6.07) is 15.8. The van der Waals surface area contributed by atoms with Gasteiger partial charge in [0.1, 0.15) is 5.75 Å². The number of benzene rings is 2. The molecule has 0 bridgehead atoms. The summed E-state index contributed by atoms with van der Waals surface area (Å²) in [6.45, 7) is 0. The fourth-order valence-electron chi connectivity index (χ4n) is 3.49. The summed E-state index contributed by atoms with van der Waals surface area (Å²) >= 11 is 0. The summed E-state index contributed by atoms with van der Waals surface area (Å²) in [5.74, 6) is 0.0755. The average Bonchev–Trinajstić information content (AvgIpc) is 2.94. The molecule has 128 valence electrons. The lowest BCUT2D eigenvalue weighted by Gasteiger charge is -2.19. The van der Waals surface area contributed by atoms with Gasteiger partial charge in [-0.15, -0.1) is 0 Å². The molecule has 0 aromatic heterocycles. The quantitative estimate of drug-likeness (QED) is 0.627. The molecule has 2 aromatic rings. The van der Waals surface area contributed by atoms with Gasteiger partial charge in [0, 0.05) is 0 Å². The van der Waals surface area contributed by atoms with E-state index in [9.17, 15) is 9.59 Å². The predicted octanol–water partition coefficient (Wildman–Crippen LogP) is 3.81. The number of nitrogens with zero attached hydrogens (tertiary/aromatic N) is 2. The molecule has 2 atom stereocenters. The van der Waals surface area contributed by atoms with Gasteiger partial charge in [-0.05, 0) is 49.2 Å². The maximum absolute atomic E-state index is 12.8. The number of amides is 2. The van der Waals surface area contributed by atoms with Crippen molar-refractivity contribution in [1.82, 2.24) is 0 Å². The molecule has 1 aliphatic carbocycles. The van der Waals surface area contributed by atoms with E-state index in [1.54, 1.807) is 48.5 Å². The lowest BCUT2D eigenvalue weighted by molar-refractivity contribution is -0.122. The van der Waals surface area contributed by atoms with Crippen molar-refractivity contribution in [3.8, 4) is 17.6 Å². The van der Waals surface area contributed by atoms with E-state index in [1.165, 1.54) is 4.90 Å². The van der Waals surface area contributed by atoms with Gasteiger partial charge in [-0.25, -0.2) is 4.90 Å². The first kappa shape index (κ1) is 16.1. The van der Waals surface area contributed by atoms with Gasteiger partial charge in [0.15, 0.2) is 5.75 Å². The van der Waals surface area contributed by atoms with Crippen LogP contribution in [0.4, 0.5) is 5.69 Å². The van der Waals surface area contributed by atoms with Gasteiger partial charge in [-0.2, -0.15) is 5.26 Å². The molecule has 4 rings (SSSR count). The lowest BCUT2D eigenvalue weighted by Crippen LogP contribution is -2.31. The fourth-order valence-corrected chi connectivity index (χ4v) is 3.49. The Kier molecular flexibility index (Phi) is 4.02. The highest BCUT2D eigenvalue weighted by Gasteiger charge is 2.48. The highest BCUT2D eigenvalue weighted by atomic mass is 16.5. The fraction of sp³-hybridized carbons (Fsp3) is 0.190. The number of para-hydroxylation sites is 2. The van der Waals surface area contributed by atoms with Gasteiger partial charge in [0.2, 0.25) is 11.8 Å². The zero-order valence-electron chi connectivity index (χ0n) is 14.0. The average molecular weight is 344 g/mol. The van der Waals surface area contributed by atoms with Crippen LogP contribution >= 0.6 is 0 Å². The van der Waals surface area contributed by atoms with Gasteiger partial charge >= 0.3 is 0 Å². The number of fused-ring (bicyclic) bond motifs is 1. The molecule has 5 nitrogen and oxygen atoms in total. The number of allylic oxidation sites excluding steroid dienone is 2. The van der Waals surface area contributed by atoms with E-state index in [-0.39, 0.29) is 23.7 Å². The van der Waals surface area contributed by atoms with Crippen molar-refractivity contribution in [2.45, 2.75) is 12.8 Å². The Morgan fingerprint density at radius 3 is 2.15 bits per heavy atom. The van der Waals surface area contributed by atoms with Crippen molar-refractivity contribution in [3.05, 3.63) is 66.2 Å². The van der Waals surface area contributed by atoms with E-state index < -0.39 is 0 Å². The molecule has 2 aromatic carbocycles. The smallest absolute Gasteiger partial charge is 0.238 e. The first-order valence-corrected chi connectivity index (χ1v) is 8.49. The standard InChI is InChI=1S/C21H16N2O3/c22-13-14-9-11-15(12-10-14)26-19-8-4-3-7-18(19)23-20(24)16-5-1-2-6-17(16)21(23)25/h1-4,7-12,16-17H,5-6H2/t16-,17-/m1/s1. The zero-order chi connectivity index (χ0) is 18.1. The first-order chi connectivity index (χ1) is 12.7. The molecular formula is C21H16N2O3. The number of ether oxygens (including phenoxy) is 1. The molecule has 1 fully saturated rings. The minimum absolute atomic E-state index is 0.166. The maximum Gasteiger partial charge on any atom is 0.238 e. The van der Waals surface area contributed by atoms with E-state index >= 15 is 0 Å². The summed E-state index contributed by atoms with van der Waals surface area (Å²) in [5.41, 5.74) is 0.994. The van der Waals surface area contributed by atoms with E-state index in [4.69, 9.17) is 10.00 Å². The Morgan fingerprint density at radius 1 is 0.923 bits per heavy atom. The Morgan fingerprint density at radius 2 is 1.54 bits per heavy atom. The van der Waals surface area contributed by atoms with Crippen molar-refractivity contribution < 1.29 is 14.3 Å². The van der Waals surface area contributed by atoms with E-state index in [0.717, 1.165) is 0 Å². The van der Waals surface area contributed by atoms with Crippen molar-refractivity contribution in [2.24, 2.45) is 11.8 Å². The molecule has 0 saturated carbocycles. The minimum Gasteiger partial charge on any atom is -0.455 e. The minimum atomic E-state index is -0.282. The molecule has 2 aliphatic rings. The number of rotatable bonds is 3. The number of hydrogen-bond acceptors (Lipinski definition) is 4. The molecular weight excluding hydrogens is 328 g/mol. The number of nitriles is 1. The number of carbonyl (C=O) groups is 2. The van der Waals surface area contributed by atoms with Crippen molar-refractivity contribution >= 4 is 17.5 Å². The van der Waals surface area contributed by atoms with Crippen LogP contribution in [0.15, 0.2) is 60.7 Å². The molecule has 1 aliphatic heterocycles. The highest BCUT2D eigenvalue weighted by Crippen LogP contribution is 2.41. The van der Waals surface area contributed by atoms with Crippen LogP contribution < -0.4 is 9.64 Å². The Hall–Kier alpha value is -3.39. The van der Waals surface area contributed by atoms with Crippen LogP contribution in [0.5, 0.6) is 11.5 Å². The largest absolute Gasteiger partial charge is 0.455 e. The summed E-state index contributed by atoms with van der Waals surface area (Å²) in [7, 11) is 0. The van der Waals surface area contributed by atoms with Crippen LogP contribution in [0.1, 0.15) is 18.4 Å². The van der Waals surface area contributed by atoms with Gasteiger partial charge in [0.25, 0.3) is 0 Å². The summed E-state index contributed by atoms with van der Waals surface area (Å²) in [5, 5.41) is 8.89. The van der Waals surface area contributed by atoms with Gasteiger partial charge in [0.05, 0.1) is 29.2 Å². The molecule has 1 saturated heterocycles. The number of imide groups is 1. The topological polar surface area (TPSA) is 70.4 Å². The molecule has 0 unspecified atom stereocenters. The van der Waals surface area contributed by atoms with E-state index in [1.807, 2.05) is 12.2 Å². The van der Waals surface area contributed by atoms with Gasteiger partial charge in [-0.3, -0.25) is 9.59 Å². The second kappa shape index (κ2) is 6.49. The van der Waals surface area contributed by atoms with Crippen LogP contribution in [-0.2, 0) is 9.59 Å². The summed E-state index contributed by atoms with van der Waals surface area (Å²) in [6.07, 6.45) is 5.14. The van der Waals surface area contributed by atoms with Crippen LogP contribution in [-0.4, -0.2) is 11.8 Å². The highest BCUT2D eigenvalue weighted by molar-refractivity contribution is 6.22. The monoisotopic (exact) mass is 344 g/mol. The number of anilines is 1. The van der Waals surface area contributed by atoms with Crippen LogP contribution in [0.3, 0.4) is 0 Å². The van der Waals surface area contributed by atoms with Crippen molar-refractivity contribution in [2.75, 3.05) is 4.90 Å². The Bertz CT molecular complexity index is 914. The summed E-state index contributed by atoms with van der Waals surface area (Å²) in [4.78, 5) is 26.9. The van der Waals surface area contributed by atoms with Crippen LogP contribution in [0, 0.1) is 23.2 Å². The van der Waals surface area contributed by atoms with Gasteiger partial charge < -0.3 is 4.74 Å². The second-order valence-corrected chi connectivity index (χ2v) is 6.37. The number of hydrogen-bond donors (Lipinski definition) is 0. The molecule has 2 amide bonds. The molecule has 1 heterocycles. The normalized spacial score (nSPS) is 21.4. The first-order valence-electron chi connectivity index (χ1n) is 8.49. The maximum atomic E-state index is 12.8. The third-order valence-electron chi connectivity index (χ3n) is 4.82. The van der Waals surface area contributed by atoms with Crippen LogP contribution in [0.2, 0.25) is 0 Å².